The summed E-state index contributed by atoms with van der Waals surface area (Å²) in [4.78, 5) is 65.5. The van der Waals surface area contributed by atoms with Crippen LogP contribution in [0.2, 0.25) is 10.0 Å². The Morgan fingerprint density at radius 3 is 1.88 bits per heavy atom. The Bertz CT molecular complexity index is 1210. The second kappa shape index (κ2) is 21.8. The van der Waals surface area contributed by atoms with Crippen molar-refractivity contribution in [3.63, 3.8) is 0 Å². The zero-order chi connectivity index (χ0) is 36.0. The van der Waals surface area contributed by atoms with Gasteiger partial charge in [-0.05, 0) is 49.7 Å². The van der Waals surface area contributed by atoms with E-state index in [-0.39, 0.29) is 65.3 Å². The normalized spacial score (nSPS) is 14.9. The molecule has 0 aliphatic heterocycles. The Morgan fingerprint density at radius 2 is 1.40 bits per heavy atom. The molecule has 0 bridgehead atoms. The lowest BCUT2D eigenvalue weighted by atomic mass is 9.95. The van der Waals surface area contributed by atoms with Gasteiger partial charge in [-0.25, -0.2) is 0 Å². The lowest BCUT2D eigenvalue weighted by Gasteiger charge is -2.30. The van der Waals surface area contributed by atoms with E-state index in [2.05, 4.69) is 26.6 Å². The van der Waals surface area contributed by atoms with Gasteiger partial charge in [0, 0.05) is 12.1 Å². The average molecular weight is 719 g/mol. The second-order valence-corrected chi connectivity index (χ2v) is 13.5. The molecule has 5 amide bonds. The van der Waals surface area contributed by atoms with Gasteiger partial charge in [0.25, 0.3) is 5.91 Å². The summed E-state index contributed by atoms with van der Waals surface area (Å²) in [6.07, 6.45) is 0.0773. The van der Waals surface area contributed by atoms with E-state index in [1.807, 2.05) is 27.7 Å². The second-order valence-electron chi connectivity index (χ2n) is 12.7. The fraction of sp³-hybridized carbons (Fsp3) is 0.676. The van der Waals surface area contributed by atoms with Crippen LogP contribution >= 0.6 is 23.2 Å². The smallest absolute Gasteiger partial charge is 0.252 e. The molecule has 1 aromatic rings. The van der Waals surface area contributed by atoms with Crippen molar-refractivity contribution in [3.8, 4) is 5.75 Å². The Balaban J connectivity index is 0.0000221. The minimum Gasteiger partial charge on any atom is -0.505 e. The van der Waals surface area contributed by atoms with Gasteiger partial charge >= 0.3 is 0 Å². The van der Waals surface area contributed by atoms with Gasteiger partial charge < -0.3 is 36.8 Å². The SMILES string of the molecule is C.CCC[C@H](NC(=O)[C@@H](NC(=O)c1cc(Cl)c(O)c(Cl)c1)[C@@H](C)CC)C(=O)N[C@@H](CC(C)C)[C@@H](O)CC(=O)N[C@H](C(=O)NCC)C(C)C. The molecule has 274 valence electrons. The minimum atomic E-state index is -1.27. The monoisotopic (exact) mass is 717 g/mol. The third-order valence-electron chi connectivity index (χ3n) is 7.80. The van der Waals surface area contributed by atoms with Crippen LogP contribution in [-0.4, -0.2) is 76.6 Å². The van der Waals surface area contributed by atoms with Gasteiger partial charge in [0.05, 0.1) is 28.6 Å². The van der Waals surface area contributed by atoms with Crippen LogP contribution < -0.4 is 26.6 Å². The number of carbonyl (C=O) groups excluding carboxylic acids is 5. The van der Waals surface area contributed by atoms with Gasteiger partial charge in [-0.2, -0.15) is 0 Å². The summed E-state index contributed by atoms with van der Waals surface area (Å²) in [6.45, 7) is 15.1. The zero-order valence-electron chi connectivity index (χ0n) is 28.7. The number of phenolic OH excluding ortho intramolecular Hbond substituents is 1. The number of carbonyl (C=O) groups is 5. The van der Waals surface area contributed by atoms with Crippen LogP contribution in [0.15, 0.2) is 12.1 Å². The van der Waals surface area contributed by atoms with Crippen molar-refractivity contribution in [3.05, 3.63) is 27.7 Å². The van der Waals surface area contributed by atoms with E-state index >= 15 is 0 Å². The summed E-state index contributed by atoms with van der Waals surface area (Å²) < 4.78 is 0. The van der Waals surface area contributed by atoms with Gasteiger partial charge in [0.2, 0.25) is 23.6 Å². The molecule has 48 heavy (non-hydrogen) atoms. The van der Waals surface area contributed by atoms with Crippen molar-refractivity contribution in [2.45, 2.75) is 125 Å². The molecule has 6 atom stereocenters. The standard InChI is InChI=1S/C33H53Cl2N5O7.CH4/c1-9-12-23(37-33(47)28(19(8)10-2)40-30(44)20-14-21(34)29(43)22(35)15-20)31(45)38-24(13-17(4)5)25(41)16-26(42)39-27(18(6)7)32(46)36-11-3;/h14-15,17-19,23-25,27-28,41,43H,9-13,16H2,1-8H3,(H,36,46)(H,37,47)(H,38,45)(H,39,42)(H,40,44);1H4/t19-,23-,24-,25-,27-,28-;/m0./s1. The Labute approximate surface area is 295 Å². The first-order chi connectivity index (χ1) is 22.0. The van der Waals surface area contributed by atoms with Crippen LogP contribution in [0.3, 0.4) is 0 Å². The first kappa shape index (κ1) is 44.9. The maximum absolute atomic E-state index is 13.6. The number of amides is 5. The van der Waals surface area contributed by atoms with Gasteiger partial charge in [-0.3, -0.25) is 24.0 Å². The highest BCUT2D eigenvalue weighted by Gasteiger charge is 2.33. The molecule has 0 saturated heterocycles. The molecule has 14 heteroatoms. The summed E-state index contributed by atoms with van der Waals surface area (Å²) in [5.41, 5.74) is 0.0435. The first-order valence-electron chi connectivity index (χ1n) is 16.3. The van der Waals surface area contributed by atoms with Crippen molar-refractivity contribution < 1.29 is 34.2 Å². The van der Waals surface area contributed by atoms with E-state index in [0.29, 0.717) is 25.8 Å². The lowest BCUT2D eigenvalue weighted by Crippen LogP contribution is -2.58. The molecule has 1 rings (SSSR count). The summed E-state index contributed by atoms with van der Waals surface area (Å²) in [6, 6.07) is -1.14. The van der Waals surface area contributed by atoms with Gasteiger partial charge in [0.1, 0.15) is 18.1 Å². The summed E-state index contributed by atoms with van der Waals surface area (Å²) >= 11 is 12.0. The average Bonchev–Trinajstić information content (AvgIpc) is 2.99. The molecule has 0 spiro atoms. The highest BCUT2D eigenvalue weighted by atomic mass is 35.5. The Hall–Kier alpha value is -3.09. The fourth-order valence-electron chi connectivity index (χ4n) is 4.93. The summed E-state index contributed by atoms with van der Waals surface area (Å²) in [5.74, 6) is -3.45. The fourth-order valence-corrected chi connectivity index (χ4v) is 5.42. The number of aliphatic hydroxyl groups excluding tert-OH is 1. The number of benzene rings is 1. The van der Waals surface area contributed by atoms with Crippen molar-refractivity contribution >= 4 is 52.7 Å². The van der Waals surface area contributed by atoms with Gasteiger partial charge in [-0.15, -0.1) is 0 Å². The van der Waals surface area contributed by atoms with E-state index < -0.39 is 53.9 Å². The highest BCUT2D eigenvalue weighted by molar-refractivity contribution is 6.37. The lowest BCUT2D eigenvalue weighted by molar-refractivity contribution is -0.133. The quantitative estimate of drug-likeness (QED) is 0.111. The van der Waals surface area contributed by atoms with Crippen LogP contribution in [0, 0.1) is 17.8 Å². The minimum absolute atomic E-state index is 0. The first-order valence-corrected chi connectivity index (χ1v) is 17.1. The molecule has 12 nitrogen and oxygen atoms in total. The third kappa shape index (κ3) is 14.2. The van der Waals surface area contributed by atoms with Crippen LogP contribution in [0.5, 0.6) is 5.75 Å². The van der Waals surface area contributed by atoms with Gasteiger partial charge in [-0.1, -0.05) is 91.9 Å². The number of nitrogens with one attached hydrogen (secondary N) is 5. The topological polar surface area (TPSA) is 186 Å². The molecule has 0 saturated carbocycles. The van der Waals surface area contributed by atoms with Crippen LogP contribution in [0.1, 0.15) is 105 Å². The van der Waals surface area contributed by atoms with Crippen molar-refractivity contribution in [1.82, 2.24) is 26.6 Å². The molecular formula is C34H57Cl2N5O7. The molecule has 0 aliphatic rings. The number of hydrogen-bond acceptors (Lipinski definition) is 7. The number of aliphatic hydroxyl groups is 1. The molecule has 0 unspecified atom stereocenters. The molecule has 7 N–H and O–H groups in total. The summed E-state index contributed by atoms with van der Waals surface area (Å²) in [7, 11) is 0. The molecule has 0 aliphatic carbocycles. The molecule has 0 heterocycles. The van der Waals surface area contributed by atoms with Crippen molar-refractivity contribution in [2.24, 2.45) is 17.8 Å². The van der Waals surface area contributed by atoms with Crippen LogP contribution in [0.4, 0.5) is 0 Å². The molecule has 0 fully saturated rings. The molecular weight excluding hydrogens is 661 g/mol. The largest absolute Gasteiger partial charge is 0.505 e. The predicted octanol–water partition coefficient (Wildman–Crippen LogP) is 4.32. The number of aromatic hydroxyl groups is 1. The van der Waals surface area contributed by atoms with Crippen molar-refractivity contribution in [1.29, 1.82) is 0 Å². The number of rotatable bonds is 19. The number of halogens is 2. The van der Waals surface area contributed by atoms with Gasteiger partial charge in [0.15, 0.2) is 5.75 Å². The third-order valence-corrected chi connectivity index (χ3v) is 8.38. The summed E-state index contributed by atoms with van der Waals surface area (Å²) in [5, 5.41) is 34.3. The Morgan fingerprint density at radius 1 is 0.812 bits per heavy atom. The zero-order valence-corrected chi connectivity index (χ0v) is 30.2. The number of hydrogen-bond donors (Lipinski definition) is 7. The number of likely N-dealkylation sites (N-methyl/N-ethyl adjacent to an activating group) is 1. The van der Waals surface area contributed by atoms with E-state index in [1.165, 1.54) is 12.1 Å². The Kier molecular flexibility index (Phi) is 20.4. The number of phenols is 1. The van der Waals surface area contributed by atoms with Crippen LogP contribution in [-0.2, 0) is 19.2 Å². The maximum atomic E-state index is 13.6. The van der Waals surface area contributed by atoms with Crippen molar-refractivity contribution in [2.75, 3.05) is 6.54 Å². The highest BCUT2D eigenvalue weighted by Crippen LogP contribution is 2.32. The van der Waals surface area contributed by atoms with E-state index in [1.54, 1.807) is 27.7 Å². The van der Waals surface area contributed by atoms with Crippen LogP contribution in [0.25, 0.3) is 0 Å². The molecule has 0 aromatic heterocycles. The molecule has 0 radical (unpaired) electrons. The predicted molar refractivity (Wildman–Crippen MR) is 190 cm³/mol. The van der Waals surface area contributed by atoms with E-state index in [0.717, 1.165) is 0 Å². The van der Waals surface area contributed by atoms with E-state index in [9.17, 15) is 34.2 Å². The van der Waals surface area contributed by atoms with E-state index in [4.69, 9.17) is 23.2 Å². The molecule has 1 aromatic carbocycles. The maximum Gasteiger partial charge on any atom is 0.252 e.